The summed E-state index contributed by atoms with van der Waals surface area (Å²) in [5.41, 5.74) is -0.786. The molecule has 6 bridgehead atoms. The number of rotatable bonds is 12. The number of hydroxylamine groups is 2. The normalized spacial score (nSPS) is 41.5. The molecule has 6 aliphatic carbocycles. The van der Waals surface area contributed by atoms with Gasteiger partial charge < -0.3 is 19.3 Å². The van der Waals surface area contributed by atoms with Crippen molar-refractivity contribution in [3.63, 3.8) is 0 Å². The lowest BCUT2D eigenvalue weighted by Gasteiger charge is -2.47. The number of ether oxygens (including phenoxy) is 3. The Labute approximate surface area is 366 Å². The zero-order chi connectivity index (χ0) is 48.2. The number of aliphatic hydroxyl groups is 1. The van der Waals surface area contributed by atoms with E-state index in [0.29, 0.717) is 25.7 Å². The summed E-state index contributed by atoms with van der Waals surface area (Å²) in [7, 11) is -7.68. The average molecular weight is 966 g/mol. The molecule has 364 valence electrons. The second kappa shape index (κ2) is 15.2. The van der Waals surface area contributed by atoms with Crippen molar-refractivity contribution in [2.24, 2.45) is 107 Å². The van der Waals surface area contributed by atoms with Gasteiger partial charge >= 0.3 is 57.3 Å². The molecule has 1 N–H and O–H groups in total. The monoisotopic (exact) mass is 965 g/mol. The van der Waals surface area contributed by atoms with Gasteiger partial charge in [-0.15, -0.1) is 9.35 Å². The molecule has 2 aliphatic heterocycles. The van der Waals surface area contributed by atoms with E-state index in [1.54, 1.807) is 27.7 Å². The van der Waals surface area contributed by atoms with Crippen molar-refractivity contribution in [2.45, 2.75) is 95.6 Å². The van der Waals surface area contributed by atoms with Gasteiger partial charge in [-0.2, -0.15) is 47.9 Å². The number of carbonyl (C=O) groups is 6. The number of amides is 2. The highest BCUT2D eigenvalue weighted by Gasteiger charge is 2.86. The lowest BCUT2D eigenvalue weighted by Crippen LogP contribution is -2.64. The smallest absolute Gasteiger partial charge is 0.460 e. The number of hydrogen-bond acceptors (Lipinski definition) is 13. The minimum absolute atomic E-state index is 0.0236. The predicted octanol–water partition coefficient (Wildman–Crippen LogP) is 5.17. The lowest BCUT2D eigenvalue weighted by atomic mass is 9.54. The van der Waals surface area contributed by atoms with Gasteiger partial charge in [0.15, 0.2) is 0 Å². The minimum Gasteiger partial charge on any atom is -0.463 e. The van der Waals surface area contributed by atoms with Gasteiger partial charge in [0.25, 0.3) is 11.8 Å². The fourth-order valence-electron chi connectivity index (χ4n) is 14.5. The summed E-state index contributed by atoms with van der Waals surface area (Å²) >= 11 is 0. The first-order valence-corrected chi connectivity index (χ1v) is 23.0. The molecule has 0 radical (unpaired) electrons. The second-order valence-electron chi connectivity index (χ2n) is 20.5. The Morgan fingerprint density at radius 3 is 1.74 bits per heavy atom. The van der Waals surface area contributed by atoms with Crippen LogP contribution in [0, 0.1) is 107 Å². The van der Waals surface area contributed by atoms with Crippen LogP contribution in [0.2, 0.25) is 0 Å². The maximum Gasteiger partial charge on any atom is 0.460 e. The lowest BCUT2D eigenvalue weighted by molar-refractivity contribution is -0.383. The number of aliphatic hydroxyl groups excluding tert-OH is 1. The molecule has 18 unspecified atom stereocenters. The van der Waals surface area contributed by atoms with E-state index in [9.17, 15) is 81.8 Å². The van der Waals surface area contributed by atoms with E-state index in [2.05, 4.69) is 11.2 Å². The van der Waals surface area contributed by atoms with E-state index in [-0.39, 0.29) is 54.5 Å². The summed E-state index contributed by atoms with van der Waals surface area (Å²) in [6.45, 7) is 8.05. The molecule has 0 aromatic heterocycles. The molecule has 2 amide bonds. The average Bonchev–Trinajstić information content (AvgIpc) is 4.07. The van der Waals surface area contributed by atoms with Crippen LogP contribution in [0.5, 0.6) is 0 Å². The van der Waals surface area contributed by atoms with Crippen molar-refractivity contribution in [3.05, 3.63) is 0 Å². The first-order chi connectivity index (χ1) is 29.8. The molecule has 18 atom stereocenters. The number of hydrogen-bond donors (Lipinski definition) is 1. The van der Waals surface area contributed by atoms with Crippen molar-refractivity contribution in [2.75, 3.05) is 13.2 Å². The topological polar surface area (TPSA) is 197 Å². The van der Waals surface area contributed by atoms with Gasteiger partial charge in [0.05, 0.1) is 42.1 Å². The Morgan fingerprint density at radius 1 is 0.662 bits per heavy atom. The Hall–Kier alpha value is -3.54. The number of cyclic esters (lactones) is 2. The summed E-state index contributed by atoms with van der Waals surface area (Å²) in [4.78, 5) is 82.9. The number of alkyl halides is 9. The molecule has 14 nitrogen and oxygen atoms in total. The van der Waals surface area contributed by atoms with Gasteiger partial charge in [-0.1, -0.05) is 13.8 Å². The number of imide groups is 1. The van der Waals surface area contributed by atoms with Crippen LogP contribution in [0.25, 0.3) is 0 Å². The Bertz CT molecular complexity index is 2170. The molecule has 8 fully saturated rings. The maximum atomic E-state index is 14.7. The highest BCUT2D eigenvalue weighted by Crippen LogP contribution is 2.71. The molecule has 8 aliphatic rings. The van der Waals surface area contributed by atoms with Crippen LogP contribution in [0.15, 0.2) is 0 Å². The van der Waals surface area contributed by atoms with E-state index in [0.717, 1.165) is 0 Å². The van der Waals surface area contributed by atoms with Crippen LogP contribution in [-0.2, 0) is 57.4 Å². The second-order valence-corrected chi connectivity index (χ2v) is 22.1. The molecule has 65 heavy (non-hydrogen) atoms. The molecular weight excluding hydrogens is 917 g/mol. The maximum absolute atomic E-state index is 14.7. The number of carbonyl (C=O) groups excluding carboxylic acids is 6. The third kappa shape index (κ3) is 6.79. The van der Waals surface area contributed by atoms with Gasteiger partial charge in [-0.25, -0.2) is 0 Å². The van der Waals surface area contributed by atoms with E-state index < -0.39 is 151 Å². The third-order valence-corrected chi connectivity index (χ3v) is 17.8. The van der Waals surface area contributed by atoms with Crippen molar-refractivity contribution in [3.8, 4) is 0 Å². The first kappa shape index (κ1) is 47.9. The Kier molecular flexibility index (Phi) is 11.2. The van der Waals surface area contributed by atoms with Gasteiger partial charge in [0.2, 0.25) is 0 Å². The van der Waals surface area contributed by atoms with Crippen LogP contribution < -0.4 is 0 Å². The third-order valence-electron chi connectivity index (χ3n) is 16.6. The zero-order valence-corrected chi connectivity index (χ0v) is 36.3. The fraction of sp³-hybridized carbons (Fsp3) is 0.854. The van der Waals surface area contributed by atoms with E-state index in [1.807, 2.05) is 0 Å². The largest absolute Gasteiger partial charge is 0.463 e. The van der Waals surface area contributed by atoms with E-state index in [1.165, 1.54) is 0 Å². The van der Waals surface area contributed by atoms with Crippen molar-refractivity contribution in [1.29, 1.82) is 0 Å². The van der Waals surface area contributed by atoms with Crippen LogP contribution in [0.1, 0.15) is 66.7 Å². The summed E-state index contributed by atoms with van der Waals surface area (Å²) in [5.74, 6) is -35.1. The molecule has 8 rings (SSSR count). The summed E-state index contributed by atoms with van der Waals surface area (Å²) in [6, 6.07) is 0. The van der Waals surface area contributed by atoms with E-state index >= 15 is 0 Å². The van der Waals surface area contributed by atoms with Crippen molar-refractivity contribution < 1.29 is 100 Å². The predicted molar refractivity (Wildman–Crippen MR) is 195 cm³/mol. The highest BCUT2D eigenvalue weighted by atomic mass is 32.2. The van der Waals surface area contributed by atoms with Crippen LogP contribution in [0.3, 0.4) is 0 Å². The van der Waals surface area contributed by atoms with Gasteiger partial charge in [0, 0.05) is 0 Å². The van der Waals surface area contributed by atoms with Crippen LogP contribution in [-0.4, -0.2) is 96.4 Å². The SMILES string of the molecule is CC1C2CC(C3C(=O)N(OS(=O)(=O)C(F)(F)C(F)(F)C(F)(F)C(F)(F)F)C(=O)C23)C1C1C(=O)OC(=O)C1C1C2CC(CC2C(=O)OCCO)C1C1C(C)C2CC(C(=O)OC(C)(C)C)C1C2. The standard InChI is InChI=1S/C41H48F9NO13S/c1-13-15-8-18(21(9-15)34(56)63-37(3,4)5)23(13)25-16-10-19(20(11-16)33(55)61-7-6-52)26(25)30-29(35(57)62-36(30)58)24-14(2)17-12-22(24)28-27(17)31(53)51(32(28)54)64-65(59,60)41(49,50)39(44,45)38(42,43)40(46,47)48/h13-30,52H,6-12H2,1-5H3. The first-order valence-electron chi connectivity index (χ1n) is 21.6. The highest BCUT2D eigenvalue weighted by molar-refractivity contribution is 7.87. The van der Waals surface area contributed by atoms with Crippen LogP contribution >= 0.6 is 0 Å². The van der Waals surface area contributed by atoms with Gasteiger partial charge in [-0.05, 0) is 124 Å². The van der Waals surface area contributed by atoms with Gasteiger partial charge in [0.1, 0.15) is 12.2 Å². The van der Waals surface area contributed by atoms with Crippen molar-refractivity contribution >= 4 is 45.8 Å². The minimum atomic E-state index is -7.71. The quantitative estimate of drug-likeness (QED) is 0.0886. The van der Waals surface area contributed by atoms with Gasteiger partial charge in [-0.3, -0.25) is 28.8 Å². The number of halogens is 9. The number of fused-ring (bicyclic) bond motifs is 9. The number of nitrogens with zero attached hydrogens (tertiary/aromatic N) is 1. The molecule has 0 aromatic rings. The van der Waals surface area contributed by atoms with Crippen molar-refractivity contribution in [1.82, 2.24) is 5.06 Å². The number of esters is 4. The molecule has 0 spiro atoms. The zero-order valence-electron chi connectivity index (χ0n) is 35.4. The molecule has 6 saturated carbocycles. The summed E-state index contributed by atoms with van der Waals surface area (Å²) in [5, 5.41) is 1.16. The Balaban J connectivity index is 1.11. The fourth-order valence-corrected chi connectivity index (χ4v) is 15.3. The Morgan fingerprint density at radius 2 is 1.18 bits per heavy atom. The molecule has 0 aromatic carbocycles. The molecule has 2 heterocycles. The summed E-state index contributed by atoms with van der Waals surface area (Å²) in [6.07, 6.45) is -5.42. The molecule has 2 saturated heterocycles. The van der Waals surface area contributed by atoms with E-state index in [4.69, 9.17) is 14.2 Å². The molecule has 24 heteroatoms. The summed E-state index contributed by atoms with van der Waals surface area (Å²) < 4.78 is 169. The van der Waals surface area contributed by atoms with Crippen LogP contribution in [0.4, 0.5) is 39.5 Å². The molecular formula is C41H48F9NO13S.